The van der Waals surface area contributed by atoms with Gasteiger partial charge >= 0.3 is 0 Å². The Balaban J connectivity index is 0.00000312. The summed E-state index contributed by atoms with van der Waals surface area (Å²) in [7, 11) is 0. The molecule has 2 nitrogen and oxygen atoms in total. The lowest BCUT2D eigenvalue weighted by molar-refractivity contribution is 0.554. The van der Waals surface area contributed by atoms with E-state index in [4.69, 9.17) is 4.98 Å². The SMILES string of the molecule is CCCCCCCCCCc1nc2ccccc2n1CCCCC.Cl. The topological polar surface area (TPSA) is 17.8 Å². The van der Waals surface area contributed by atoms with Crippen molar-refractivity contribution in [1.29, 1.82) is 0 Å². The number of para-hydroxylation sites is 2. The lowest BCUT2D eigenvalue weighted by Gasteiger charge is -2.09. The fraction of sp³-hybridized carbons (Fsp3) is 0.682. The third kappa shape index (κ3) is 7.40. The molecule has 2 aromatic rings. The first kappa shape index (κ1) is 22.0. The van der Waals surface area contributed by atoms with Crippen LogP contribution in [0, 0.1) is 0 Å². The van der Waals surface area contributed by atoms with E-state index < -0.39 is 0 Å². The Kier molecular flexibility index (Phi) is 11.6. The van der Waals surface area contributed by atoms with Crippen molar-refractivity contribution in [1.82, 2.24) is 9.55 Å². The van der Waals surface area contributed by atoms with E-state index in [0.29, 0.717) is 0 Å². The largest absolute Gasteiger partial charge is 0.328 e. The van der Waals surface area contributed by atoms with E-state index in [0.717, 1.165) is 13.0 Å². The monoisotopic (exact) mass is 364 g/mol. The van der Waals surface area contributed by atoms with Crippen LogP contribution < -0.4 is 0 Å². The van der Waals surface area contributed by atoms with E-state index in [1.165, 1.54) is 87.5 Å². The molecule has 1 aromatic carbocycles. The first-order chi connectivity index (χ1) is 11.9. The number of unbranched alkanes of at least 4 members (excludes halogenated alkanes) is 9. The third-order valence-corrected chi connectivity index (χ3v) is 4.97. The normalized spacial score (nSPS) is 11.0. The van der Waals surface area contributed by atoms with Gasteiger partial charge in [0.15, 0.2) is 0 Å². The number of aryl methyl sites for hydroxylation is 2. The van der Waals surface area contributed by atoms with Crippen LogP contribution in [0.4, 0.5) is 0 Å². The van der Waals surface area contributed by atoms with Gasteiger partial charge in [-0.1, -0.05) is 83.8 Å². The van der Waals surface area contributed by atoms with Crippen molar-refractivity contribution in [3.05, 3.63) is 30.1 Å². The number of hydrogen-bond donors (Lipinski definition) is 0. The number of hydrogen-bond acceptors (Lipinski definition) is 1. The first-order valence-corrected chi connectivity index (χ1v) is 10.3. The third-order valence-electron chi connectivity index (χ3n) is 4.97. The molecule has 0 bridgehead atoms. The summed E-state index contributed by atoms with van der Waals surface area (Å²) in [5.41, 5.74) is 2.49. The van der Waals surface area contributed by atoms with Crippen LogP contribution >= 0.6 is 12.4 Å². The summed E-state index contributed by atoms with van der Waals surface area (Å²) < 4.78 is 2.48. The predicted octanol–water partition coefficient (Wildman–Crippen LogP) is 7.33. The van der Waals surface area contributed by atoms with Crippen LogP contribution in [0.5, 0.6) is 0 Å². The molecule has 0 atom stereocenters. The molecular formula is C22H37ClN2. The Labute approximate surface area is 160 Å². The highest BCUT2D eigenvalue weighted by atomic mass is 35.5. The zero-order chi connectivity index (χ0) is 17.0. The molecule has 0 aliphatic carbocycles. The van der Waals surface area contributed by atoms with Crippen molar-refractivity contribution in [2.45, 2.75) is 97.4 Å². The van der Waals surface area contributed by atoms with Gasteiger partial charge < -0.3 is 4.57 Å². The maximum absolute atomic E-state index is 4.91. The summed E-state index contributed by atoms with van der Waals surface area (Å²) >= 11 is 0. The van der Waals surface area contributed by atoms with Gasteiger partial charge in [-0.05, 0) is 25.0 Å². The van der Waals surface area contributed by atoms with Gasteiger partial charge in [0.25, 0.3) is 0 Å². The van der Waals surface area contributed by atoms with E-state index in [1.54, 1.807) is 0 Å². The second-order valence-corrected chi connectivity index (χ2v) is 7.10. The number of halogens is 1. The summed E-state index contributed by atoms with van der Waals surface area (Å²) in [6, 6.07) is 8.63. The highest BCUT2D eigenvalue weighted by molar-refractivity contribution is 5.85. The Morgan fingerprint density at radius 3 is 2.08 bits per heavy atom. The Morgan fingerprint density at radius 2 is 1.36 bits per heavy atom. The second-order valence-electron chi connectivity index (χ2n) is 7.10. The highest BCUT2D eigenvalue weighted by Gasteiger charge is 2.09. The van der Waals surface area contributed by atoms with Crippen molar-refractivity contribution in [3.63, 3.8) is 0 Å². The van der Waals surface area contributed by atoms with Crippen LogP contribution in [-0.2, 0) is 13.0 Å². The molecule has 0 radical (unpaired) electrons. The lowest BCUT2D eigenvalue weighted by Crippen LogP contribution is -2.04. The molecule has 0 aliphatic rings. The average Bonchev–Trinajstić information content (AvgIpc) is 2.95. The zero-order valence-electron chi connectivity index (χ0n) is 16.3. The maximum Gasteiger partial charge on any atom is 0.109 e. The Hall–Kier alpha value is -1.02. The van der Waals surface area contributed by atoms with Gasteiger partial charge in [0.1, 0.15) is 5.82 Å². The van der Waals surface area contributed by atoms with E-state index in [1.807, 2.05) is 0 Å². The van der Waals surface area contributed by atoms with Crippen molar-refractivity contribution >= 4 is 23.4 Å². The van der Waals surface area contributed by atoms with Gasteiger partial charge in [-0.3, -0.25) is 0 Å². The van der Waals surface area contributed by atoms with Gasteiger partial charge in [0, 0.05) is 13.0 Å². The van der Waals surface area contributed by atoms with Crippen LogP contribution in [-0.4, -0.2) is 9.55 Å². The average molecular weight is 365 g/mol. The number of fused-ring (bicyclic) bond motifs is 1. The van der Waals surface area contributed by atoms with Gasteiger partial charge in [-0.15, -0.1) is 12.4 Å². The van der Waals surface area contributed by atoms with Gasteiger partial charge in [-0.2, -0.15) is 0 Å². The van der Waals surface area contributed by atoms with E-state index >= 15 is 0 Å². The minimum absolute atomic E-state index is 0. The number of aromatic nitrogens is 2. The Bertz CT molecular complexity index is 576. The molecule has 0 N–H and O–H groups in total. The molecule has 0 unspecified atom stereocenters. The molecule has 25 heavy (non-hydrogen) atoms. The molecule has 0 fully saturated rings. The minimum atomic E-state index is 0. The summed E-state index contributed by atoms with van der Waals surface area (Å²) in [6.07, 6.45) is 16.0. The molecule has 142 valence electrons. The molecular weight excluding hydrogens is 328 g/mol. The minimum Gasteiger partial charge on any atom is -0.328 e. The maximum atomic E-state index is 4.91. The highest BCUT2D eigenvalue weighted by Crippen LogP contribution is 2.19. The molecule has 0 amide bonds. The predicted molar refractivity (Wildman–Crippen MR) is 113 cm³/mol. The van der Waals surface area contributed by atoms with Crippen molar-refractivity contribution in [3.8, 4) is 0 Å². The van der Waals surface area contributed by atoms with Crippen molar-refractivity contribution in [2.24, 2.45) is 0 Å². The summed E-state index contributed by atoms with van der Waals surface area (Å²) in [5, 5.41) is 0. The van der Waals surface area contributed by atoms with Crippen LogP contribution in [0.2, 0.25) is 0 Å². The number of nitrogens with zero attached hydrogens (tertiary/aromatic N) is 2. The molecule has 3 heteroatoms. The van der Waals surface area contributed by atoms with Gasteiger partial charge in [-0.25, -0.2) is 4.98 Å². The fourth-order valence-corrected chi connectivity index (χ4v) is 3.50. The standard InChI is InChI=1S/C22H36N2.ClH/c1-3-5-7-8-9-10-11-12-18-22-23-20-16-13-14-17-21(20)24(22)19-15-6-4-2;/h13-14,16-17H,3-12,15,18-19H2,1-2H3;1H. The van der Waals surface area contributed by atoms with Crippen LogP contribution in [0.3, 0.4) is 0 Å². The van der Waals surface area contributed by atoms with E-state index in [-0.39, 0.29) is 12.4 Å². The molecule has 0 aliphatic heterocycles. The smallest absolute Gasteiger partial charge is 0.109 e. The summed E-state index contributed by atoms with van der Waals surface area (Å²) in [5.74, 6) is 1.30. The Morgan fingerprint density at radius 1 is 0.760 bits per heavy atom. The molecule has 2 rings (SSSR count). The van der Waals surface area contributed by atoms with Crippen molar-refractivity contribution in [2.75, 3.05) is 0 Å². The molecule has 0 spiro atoms. The number of rotatable bonds is 13. The van der Waals surface area contributed by atoms with Crippen molar-refractivity contribution < 1.29 is 0 Å². The first-order valence-electron chi connectivity index (χ1n) is 10.3. The lowest BCUT2D eigenvalue weighted by atomic mass is 10.1. The van der Waals surface area contributed by atoms with Gasteiger partial charge in [0.05, 0.1) is 11.0 Å². The molecule has 0 saturated heterocycles. The molecule has 1 heterocycles. The van der Waals surface area contributed by atoms with Crippen LogP contribution in [0.1, 0.15) is 90.3 Å². The zero-order valence-corrected chi connectivity index (χ0v) is 17.1. The number of imidazole rings is 1. The molecule has 0 saturated carbocycles. The van der Waals surface area contributed by atoms with Crippen LogP contribution in [0.25, 0.3) is 11.0 Å². The second kappa shape index (κ2) is 13.2. The quantitative estimate of drug-likeness (QED) is 0.340. The van der Waals surface area contributed by atoms with Crippen LogP contribution in [0.15, 0.2) is 24.3 Å². The summed E-state index contributed by atoms with van der Waals surface area (Å²) in [4.78, 5) is 4.91. The number of benzene rings is 1. The van der Waals surface area contributed by atoms with E-state index in [9.17, 15) is 0 Å². The van der Waals surface area contributed by atoms with E-state index in [2.05, 4.69) is 42.7 Å². The fourth-order valence-electron chi connectivity index (χ4n) is 3.50. The summed E-state index contributed by atoms with van der Waals surface area (Å²) in [6.45, 7) is 5.68. The van der Waals surface area contributed by atoms with Gasteiger partial charge in [0.2, 0.25) is 0 Å². The molecule has 1 aromatic heterocycles.